The van der Waals surface area contributed by atoms with Crippen molar-refractivity contribution in [3.8, 4) is 0 Å². The Morgan fingerprint density at radius 1 is 1.25 bits per heavy atom. The van der Waals surface area contributed by atoms with Crippen molar-refractivity contribution in [3.05, 3.63) is 36.0 Å². The molecule has 6 nitrogen and oxygen atoms in total. The molecule has 0 aromatic carbocycles. The van der Waals surface area contributed by atoms with Gasteiger partial charge < -0.3 is 9.88 Å². The second kappa shape index (κ2) is 4.06. The van der Waals surface area contributed by atoms with Gasteiger partial charge in [0.05, 0.1) is 17.3 Å². The van der Waals surface area contributed by atoms with Crippen molar-refractivity contribution >= 4 is 16.9 Å². The van der Waals surface area contributed by atoms with Gasteiger partial charge in [-0.2, -0.15) is 5.10 Å². The molecule has 1 N–H and O–H groups in total. The number of aromatic amines is 1. The van der Waals surface area contributed by atoms with E-state index in [0.29, 0.717) is 6.04 Å². The van der Waals surface area contributed by atoms with Gasteiger partial charge in [-0.05, 0) is 26.0 Å². The summed E-state index contributed by atoms with van der Waals surface area (Å²) in [5.74, 6) is 0.984. The summed E-state index contributed by atoms with van der Waals surface area (Å²) in [6.45, 7) is 6.02. The van der Waals surface area contributed by atoms with E-state index in [2.05, 4.69) is 42.6 Å². The molecule has 0 amide bonds. The molecule has 4 heterocycles. The Labute approximate surface area is 116 Å². The van der Waals surface area contributed by atoms with E-state index in [0.717, 1.165) is 35.6 Å². The highest BCUT2D eigenvalue weighted by molar-refractivity contribution is 5.86. The zero-order valence-electron chi connectivity index (χ0n) is 11.5. The largest absolute Gasteiger partial charge is 0.357 e. The zero-order chi connectivity index (χ0) is 13.7. The summed E-state index contributed by atoms with van der Waals surface area (Å²) in [7, 11) is 0. The summed E-state index contributed by atoms with van der Waals surface area (Å²) in [6, 6.07) is 4.53. The Bertz CT molecular complexity index is 765. The number of fused-ring (bicyclic) bond motifs is 1. The SMILES string of the molecule is Cc1cc(C)n(C2CN(c3ncnc4cc[nH]c34)C2)n1. The van der Waals surface area contributed by atoms with Gasteiger partial charge in [-0.1, -0.05) is 0 Å². The molecular weight excluding hydrogens is 252 g/mol. The molecule has 3 aromatic rings. The number of aryl methyl sites for hydroxylation is 2. The monoisotopic (exact) mass is 268 g/mol. The van der Waals surface area contributed by atoms with Crippen LogP contribution in [0, 0.1) is 13.8 Å². The number of hydrogen-bond acceptors (Lipinski definition) is 4. The van der Waals surface area contributed by atoms with Crippen LogP contribution < -0.4 is 4.90 Å². The quantitative estimate of drug-likeness (QED) is 0.770. The summed E-state index contributed by atoms with van der Waals surface area (Å²) in [6.07, 6.45) is 3.53. The molecule has 0 saturated carbocycles. The Morgan fingerprint density at radius 2 is 2.10 bits per heavy atom. The fourth-order valence-corrected chi connectivity index (χ4v) is 2.90. The number of anilines is 1. The van der Waals surface area contributed by atoms with Crippen LogP contribution >= 0.6 is 0 Å². The molecule has 3 aromatic heterocycles. The highest BCUT2D eigenvalue weighted by atomic mass is 15.4. The Hall–Kier alpha value is -2.37. The maximum Gasteiger partial charge on any atom is 0.156 e. The van der Waals surface area contributed by atoms with Gasteiger partial charge in [0.15, 0.2) is 5.82 Å². The molecule has 0 radical (unpaired) electrons. The smallest absolute Gasteiger partial charge is 0.156 e. The standard InChI is InChI=1S/C14H16N6/c1-9-5-10(2)20(18-9)11-6-19(7-11)14-13-12(3-4-15-13)16-8-17-14/h3-5,8,11,15H,6-7H2,1-2H3. The minimum Gasteiger partial charge on any atom is -0.357 e. The van der Waals surface area contributed by atoms with Gasteiger partial charge >= 0.3 is 0 Å². The van der Waals surface area contributed by atoms with E-state index in [-0.39, 0.29) is 0 Å². The van der Waals surface area contributed by atoms with E-state index in [1.165, 1.54) is 5.69 Å². The number of nitrogens with one attached hydrogen (secondary N) is 1. The molecule has 102 valence electrons. The lowest BCUT2D eigenvalue weighted by molar-refractivity contribution is 0.359. The van der Waals surface area contributed by atoms with Crippen LogP contribution in [-0.4, -0.2) is 37.8 Å². The molecular formula is C14H16N6. The molecule has 0 aliphatic carbocycles. The van der Waals surface area contributed by atoms with Gasteiger partial charge in [0.2, 0.25) is 0 Å². The van der Waals surface area contributed by atoms with Crippen molar-refractivity contribution in [1.29, 1.82) is 0 Å². The van der Waals surface area contributed by atoms with Gasteiger partial charge in [-0.25, -0.2) is 9.97 Å². The first-order valence-corrected chi connectivity index (χ1v) is 6.78. The van der Waals surface area contributed by atoms with Crippen molar-refractivity contribution in [2.75, 3.05) is 18.0 Å². The van der Waals surface area contributed by atoms with E-state index in [4.69, 9.17) is 0 Å². The summed E-state index contributed by atoms with van der Waals surface area (Å²) < 4.78 is 2.12. The Kier molecular flexibility index (Phi) is 2.33. The van der Waals surface area contributed by atoms with E-state index in [1.807, 2.05) is 19.2 Å². The van der Waals surface area contributed by atoms with Gasteiger partial charge in [-0.3, -0.25) is 4.68 Å². The predicted molar refractivity (Wildman–Crippen MR) is 76.8 cm³/mol. The fraction of sp³-hybridized carbons (Fsp3) is 0.357. The predicted octanol–water partition coefficient (Wildman–Crippen LogP) is 1.83. The average Bonchev–Trinajstić information content (AvgIpc) is 2.95. The van der Waals surface area contributed by atoms with E-state index in [1.54, 1.807) is 6.33 Å². The number of nitrogens with zero attached hydrogens (tertiary/aromatic N) is 5. The molecule has 20 heavy (non-hydrogen) atoms. The topological polar surface area (TPSA) is 62.6 Å². The third kappa shape index (κ3) is 1.61. The first-order chi connectivity index (χ1) is 9.72. The van der Waals surface area contributed by atoms with Crippen molar-refractivity contribution < 1.29 is 0 Å². The molecule has 1 aliphatic heterocycles. The Balaban J connectivity index is 1.59. The molecule has 0 spiro atoms. The molecule has 4 rings (SSSR count). The van der Waals surface area contributed by atoms with Crippen LogP contribution in [0.3, 0.4) is 0 Å². The van der Waals surface area contributed by atoms with Gasteiger partial charge in [-0.15, -0.1) is 0 Å². The van der Waals surface area contributed by atoms with Crippen molar-refractivity contribution in [3.63, 3.8) is 0 Å². The van der Waals surface area contributed by atoms with E-state index >= 15 is 0 Å². The zero-order valence-corrected chi connectivity index (χ0v) is 11.5. The summed E-state index contributed by atoms with van der Waals surface area (Å²) in [5.41, 5.74) is 4.28. The fourth-order valence-electron chi connectivity index (χ4n) is 2.90. The lowest BCUT2D eigenvalue weighted by Gasteiger charge is -2.40. The second-order valence-electron chi connectivity index (χ2n) is 5.37. The van der Waals surface area contributed by atoms with Gasteiger partial charge in [0.25, 0.3) is 0 Å². The number of rotatable bonds is 2. The van der Waals surface area contributed by atoms with Gasteiger partial charge in [0, 0.05) is 25.0 Å². The number of hydrogen-bond donors (Lipinski definition) is 1. The number of H-pyrrole nitrogens is 1. The second-order valence-corrected chi connectivity index (χ2v) is 5.37. The van der Waals surface area contributed by atoms with Crippen molar-refractivity contribution in [2.45, 2.75) is 19.9 Å². The van der Waals surface area contributed by atoms with Crippen LogP contribution in [0.15, 0.2) is 24.7 Å². The maximum atomic E-state index is 4.56. The van der Waals surface area contributed by atoms with Crippen LogP contribution in [0.1, 0.15) is 17.4 Å². The van der Waals surface area contributed by atoms with Crippen LogP contribution in [-0.2, 0) is 0 Å². The lowest BCUT2D eigenvalue weighted by atomic mass is 10.1. The molecule has 1 fully saturated rings. The maximum absolute atomic E-state index is 4.56. The lowest BCUT2D eigenvalue weighted by Crippen LogP contribution is -2.49. The van der Waals surface area contributed by atoms with Crippen LogP contribution in [0.2, 0.25) is 0 Å². The molecule has 1 aliphatic rings. The van der Waals surface area contributed by atoms with Crippen LogP contribution in [0.4, 0.5) is 5.82 Å². The minimum atomic E-state index is 0.434. The molecule has 0 unspecified atom stereocenters. The summed E-state index contributed by atoms with van der Waals surface area (Å²) in [5, 5.41) is 4.56. The molecule has 0 bridgehead atoms. The van der Waals surface area contributed by atoms with Crippen LogP contribution in [0.5, 0.6) is 0 Å². The first kappa shape index (κ1) is 11.5. The third-order valence-corrected chi connectivity index (χ3v) is 3.88. The van der Waals surface area contributed by atoms with Crippen LogP contribution in [0.25, 0.3) is 11.0 Å². The number of aromatic nitrogens is 5. The minimum absolute atomic E-state index is 0.434. The molecule has 0 atom stereocenters. The highest BCUT2D eigenvalue weighted by Crippen LogP contribution is 2.30. The summed E-state index contributed by atoms with van der Waals surface area (Å²) >= 11 is 0. The van der Waals surface area contributed by atoms with Gasteiger partial charge in [0.1, 0.15) is 11.8 Å². The van der Waals surface area contributed by atoms with Crippen molar-refractivity contribution in [1.82, 2.24) is 24.7 Å². The molecule has 1 saturated heterocycles. The highest BCUT2D eigenvalue weighted by Gasteiger charge is 2.31. The normalized spacial score (nSPS) is 15.8. The van der Waals surface area contributed by atoms with E-state index in [9.17, 15) is 0 Å². The first-order valence-electron chi connectivity index (χ1n) is 6.78. The summed E-state index contributed by atoms with van der Waals surface area (Å²) in [4.78, 5) is 14.1. The van der Waals surface area contributed by atoms with Crippen molar-refractivity contribution in [2.24, 2.45) is 0 Å². The third-order valence-electron chi connectivity index (χ3n) is 3.88. The molecule has 6 heteroatoms. The van der Waals surface area contributed by atoms with E-state index < -0.39 is 0 Å². The average molecular weight is 268 g/mol. The Morgan fingerprint density at radius 3 is 2.85 bits per heavy atom.